The average molecular weight is 523 g/mol. The Kier molecular flexibility index (Phi) is 7.88. The Morgan fingerprint density at radius 3 is 2.41 bits per heavy atom. The average Bonchev–Trinajstić information content (AvgIpc) is 3.18. The van der Waals surface area contributed by atoms with Crippen LogP contribution < -0.4 is 9.86 Å². The van der Waals surface area contributed by atoms with E-state index >= 15 is 0 Å². The zero-order valence-electron chi connectivity index (χ0n) is 18.9. The largest absolute Gasteiger partial charge is 0.445 e. The minimum Gasteiger partial charge on any atom is -0.445 e. The summed E-state index contributed by atoms with van der Waals surface area (Å²) in [5.41, 5.74) is 2.66. The van der Waals surface area contributed by atoms with E-state index in [1.54, 1.807) is 13.8 Å². The summed E-state index contributed by atoms with van der Waals surface area (Å²) < 4.78 is 57.4. The Morgan fingerprint density at radius 1 is 1.15 bits per heavy atom. The number of nitrogens with two attached hydrogens (primary N) is 1. The maximum Gasteiger partial charge on any atom is 0.274 e. The molecular formula is C22H26N4O5S3. The molecule has 0 amide bonds. The van der Waals surface area contributed by atoms with Crippen LogP contribution in [0.3, 0.4) is 0 Å². The topological polar surface area (TPSA) is 141 Å². The molecule has 1 atom stereocenters. The van der Waals surface area contributed by atoms with E-state index in [9.17, 15) is 16.8 Å². The predicted molar refractivity (Wildman–Crippen MR) is 137 cm³/mol. The molecule has 0 spiro atoms. The molecule has 9 nitrogen and oxygen atoms in total. The van der Waals surface area contributed by atoms with Crippen molar-refractivity contribution in [3.63, 3.8) is 0 Å². The monoisotopic (exact) mass is 522 g/mol. The number of sulfone groups is 1. The summed E-state index contributed by atoms with van der Waals surface area (Å²) in [6.45, 7) is 6.59. The number of hydrogen-bond acceptors (Lipinski definition) is 8. The second-order valence-corrected chi connectivity index (χ2v) is 12.7. The van der Waals surface area contributed by atoms with Crippen LogP contribution in [0.5, 0.6) is 0 Å². The smallest absolute Gasteiger partial charge is 0.274 e. The highest BCUT2D eigenvalue weighted by Crippen LogP contribution is 2.38. The van der Waals surface area contributed by atoms with Crippen molar-refractivity contribution in [1.82, 2.24) is 9.71 Å². The van der Waals surface area contributed by atoms with Crippen molar-refractivity contribution >= 4 is 47.5 Å². The molecule has 0 bridgehead atoms. The van der Waals surface area contributed by atoms with Crippen molar-refractivity contribution in [3.05, 3.63) is 65.9 Å². The molecule has 3 aromatic rings. The van der Waals surface area contributed by atoms with Crippen LogP contribution in [-0.4, -0.2) is 46.6 Å². The first-order chi connectivity index (χ1) is 15.9. The maximum absolute atomic E-state index is 13.3. The molecule has 182 valence electrons. The van der Waals surface area contributed by atoms with E-state index in [0.29, 0.717) is 10.5 Å². The number of nitrogens with zero attached hydrogens (tertiary/aromatic N) is 2. The SMILES string of the molecule is C=C(OC(CNS(N)(=O)=O)=NC)C(c1nc2ccc(-c3ccccc3)cc2s1)S(=O)(=O)C(C)C. The molecule has 0 aliphatic carbocycles. The summed E-state index contributed by atoms with van der Waals surface area (Å²) in [7, 11) is -6.41. The fourth-order valence-corrected chi connectivity index (χ4v) is 6.30. The van der Waals surface area contributed by atoms with Crippen molar-refractivity contribution in [1.29, 1.82) is 0 Å². The standard InChI is InChI=1S/C22H26N4O5S3/c1-14(2)33(27,28)21(15(3)31-20(24-4)13-25-34(23,29)30)22-26-18-11-10-17(12-19(18)32-22)16-8-6-5-7-9-16/h5-12,14,21,25H,3,13H2,1-2,4H3,(H2,23,29,30). The molecule has 3 rings (SSSR count). The van der Waals surface area contributed by atoms with Crippen molar-refractivity contribution in [2.24, 2.45) is 10.1 Å². The molecule has 12 heteroatoms. The summed E-state index contributed by atoms with van der Waals surface area (Å²) in [4.78, 5) is 8.42. The lowest BCUT2D eigenvalue weighted by Crippen LogP contribution is -2.36. The Hall–Kier alpha value is -2.64. The van der Waals surface area contributed by atoms with E-state index in [4.69, 9.17) is 9.88 Å². The summed E-state index contributed by atoms with van der Waals surface area (Å²) in [6, 6.07) is 15.5. The summed E-state index contributed by atoms with van der Waals surface area (Å²) in [6.07, 6.45) is 0. The van der Waals surface area contributed by atoms with Crippen LogP contribution in [0.1, 0.15) is 24.1 Å². The summed E-state index contributed by atoms with van der Waals surface area (Å²) in [5.74, 6) is -0.219. The van der Waals surface area contributed by atoms with Gasteiger partial charge in [-0.3, -0.25) is 4.99 Å². The number of fused-ring (bicyclic) bond motifs is 1. The molecule has 34 heavy (non-hydrogen) atoms. The van der Waals surface area contributed by atoms with Gasteiger partial charge >= 0.3 is 0 Å². The second-order valence-electron chi connectivity index (χ2n) is 7.67. The Balaban J connectivity index is 1.99. The quantitative estimate of drug-likeness (QED) is 0.251. The van der Waals surface area contributed by atoms with E-state index in [2.05, 4.69) is 21.3 Å². The van der Waals surface area contributed by atoms with Crippen molar-refractivity contribution in [2.75, 3.05) is 13.6 Å². The van der Waals surface area contributed by atoms with Crippen molar-refractivity contribution in [3.8, 4) is 11.1 Å². The van der Waals surface area contributed by atoms with Gasteiger partial charge in [0, 0.05) is 7.05 Å². The third-order valence-corrected chi connectivity index (χ3v) is 9.17. The molecule has 0 aliphatic heterocycles. The number of nitrogens with one attached hydrogen (secondary N) is 1. The molecule has 2 aromatic carbocycles. The van der Waals surface area contributed by atoms with Crippen LogP contribution in [-0.2, 0) is 24.8 Å². The van der Waals surface area contributed by atoms with Crippen LogP contribution in [0.15, 0.2) is 65.9 Å². The number of benzene rings is 2. The Morgan fingerprint density at radius 2 is 1.82 bits per heavy atom. The van der Waals surface area contributed by atoms with Gasteiger partial charge in [0.1, 0.15) is 10.8 Å². The normalized spacial score (nSPS) is 13.9. The van der Waals surface area contributed by atoms with E-state index in [0.717, 1.165) is 15.8 Å². The molecular weight excluding hydrogens is 496 g/mol. The highest BCUT2D eigenvalue weighted by molar-refractivity contribution is 7.92. The van der Waals surface area contributed by atoms with Crippen LogP contribution in [0, 0.1) is 0 Å². The summed E-state index contributed by atoms with van der Waals surface area (Å²) >= 11 is 1.24. The predicted octanol–water partition coefficient (Wildman–Crippen LogP) is 3.18. The highest BCUT2D eigenvalue weighted by Gasteiger charge is 2.37. The molecule has 0 aliphatic rings. The van der Waals surface area contributed by atoms with E-state index in [-0.39, 0.29) is 18.2 Å². The fraction of sp³-hybridized carbons (Fsp3) is 0.273. The molecule has 1 unspecified atom stereocenters. The van der Waals surface area contributed by atoms with Gasteiger partial charge in [0.05, 0.1) is 22.0 Å². The number of aromatic nitrogens is 1. The highest BCUT2D eigenvalue weighted by atomic mass is 32.2. The lowest BCUT2D eigenvalue weighted by Gasteiger charge is -2.21. The number of aliphatic imine (C=N–C) groups is 1. The van der Waals surface area contributed by atoms with Gasteiger partial charge in [0.2, 0.25) is 5.90 Å². The molecule has 0 fully saturated rings. The number of hydrogen-bond donors (Lipinski definition) is 2. The molecule has 0 saturated heterocycles. The third kappa shape index (κ3) is 6.07. The fourth-order valence-electron chi connectivity index (χ4n) is 3.13. The van der Waals surface area contributed by atoms with Crippen molar-refractivity contribution in [2.45, 2.75) is 24.3 Å². The van der Waals surface area contributed by atoms with Gasteiger partial charge in [-0.25, -0.2) is 18.5 Å². The number of ether oxygens (including phenoxy) is 1. The van der Waals surface area contributed by atoms with E-state index in [1.165, 1.54) is 18.4 Å². The lowest BCUT2D eigenvalue weighted by molar-refractivity contribution is 0.387. The van der Waals surface area contributed by atoms with Gasteiger partial charge in [0.15, 0.2) is 15.1 Å². The first-order valence-corrected chi connectivity index (χ1v) is 14.2. The van der Waals surface area contributed by atoms with Crippen LogP contribution in [0.2, 0.25) is 0 Å². The lowest BCUT2D eigenvalue weighted by atomic mass is 10.1. The van der Waals surface area contributed by atoms with Gasteiger partial charge in [-0.05, 0) is 37.1 Å². The van der Waals surface area contributed by atoms with Gasteiger partial charge in [-0.2, -0.15) is 13.1 Å². The van der Waals surface area contributed by atoms with Gasteiger partial charge in [0.25, 0.3) is 10.2 Å². The zero-order chi connectivity index (χ0) is 25.1. The van der Waals surface area contributed by atoms with E-state index in [1.807, 2.05) is 48.5 Å². The van der Waals surface area contributed by atoms with Gasteiger partial charge < -0.3 is 4.74 Å². The summed E-state index contributed by atoms with van der Waals surface area (Å²) in [5, 5.41) is 3.24. The van der Waals surface area contributed by atoms with Gasteiger partial charge in [-0.1, -0.05) is 43.0 Å². The molecule has 3 N–H and O–H groups in total. The number of rotatable bonds is 9. The Labute approximate surface area is 203 Å². The van der Waals surface area contributed by atoms with Gasteiger partial charge in [-0.15, -0.1) is 11.3 Å². The molecule has 0 radical (unpaired) electrons. The molecule has 1 aromatic heterocycles. The minimum absolute atomic E-state index is 0.0875. The van der Waals surface area contributed by atoms with Crippen LogP contribution >= 0.6 is 11.3 Å². The zero-order valence-corrected chi connectivity index (χ0v) is 21.4. The first-order valence-electron chi connectivity index (χ1n) is 10.2. The molecule has 1 heterocycles. The van der Waals surface area contributed by atoms with Crippen LogP contribution in [0.25, 0.3) is 21.3 Å². The number of thiazole rings is 1. The van der Waals surface area contributed by atoms with Crippen molar-refractivity contribution < 1.29 is 21.6 Å². The van der Waals surface area contributed by atoms with E-state index < -0.39 is 30.5 Å². The Bertz CT molecular complexity index is 1430. The third-order valence-electron chi connectivity index (χ3n) is 4.94. The molecule has 0 saturated carbocycles. The minimum atomic E-state index is -3.99. The van der Waals surface area contributed by atoms with Crippen LogP contribution in [0.4, 0.5) is 0 Å². The maximum atomic E-state index is 13.3. The first kappa shape index (κ1) is 26.0. The second kappa shape index (κ2) is 10.3.